The van der Waals surface area contributed by atoms with Gasteiger partial charge >= 0.3 is 11.9 Å². The SMILES string of the molecule is C1COCCN1.CCOC(=O)c1ccc(CBr)cc1.CCOC(=O)c1ccc(CN2CCOCC2)cc1.O=C1CCC(Br)C(=O)N1.O=C1Nc2ccc(Br)c3cccc1c23.O=C1Nc2ccc(C(O)c3ccc(CN4CCOCC4)cc3)c3cccc1c23.O=C1Nc2ccc(Cc3ccc(CN4CCOCC4)cc3)c3cccc1c23.O=Cc1ccc(CN2CCOCC2)cc1.OCc1ccc(CN2CCOCC2)cc1. The summed E-state index contributed by atoms with van der Waals surface area (Å²) in [6.45, 7) is 31.2. The van der Waals surface area contributed by atoms with Crippen molar-refractivity contribution in [3.63, 3.8) is 0 Å². The molecule has 12 aromatic rings. The highest BCUT2D eigenvalue weighted by atomic mass is 79.9. The molecule has 7 N–H and O–H groups in total. The number of aldehydes is 1. The number of aliphatic hydroxyl groups is 2. The van der Waals surface area contributed by atoms with Crippen molar-refractivity contribution in [2.75, 3.05) is 187 Å². The fourth-order valence-corrected chi connectivity index (χ4v) is 18.9. The molecule has 10 heterocycles. The number of imide groups is 1. The molecule has 0 aromatic heterocycles. The van der Waals surface area contributed by atoms with Crippen LogP contribution in [0.2, 0.25) is 0 Å². The van der Waals surface area contributed by atoms with Gasteiger partial charge in [0.1, 0.15) is 12.4 Å². The van der Waals surface area contributed by atoms with E-state index in [9.17, 15) is 43.5 Å². The van der Waals surface area contributed by atoms with Gasteiger partial charge in [-0.1, -0.05) is 218 Å². The van der Waals surface area contributed by atoms with Crippen molar-refractivity contribution < 1.29 is 86.5 Å². The van der Waals surface area contributed by atoms with E-state index in [4.69, 9.17) is 43.0 Å². The maximum Gasteiger partial charge on any atom is 0.338 e. The van der Waals surface area contributed by atoms with E-state index in [1.165, 1.54) is 44.3 Å². The molecule has 145 heavy (non-hydrogen) atoms. The molecule has 10 aliphatic rings. The van der Waals surface area contributed by atoms with E-state index in [0.717, 1.165) is 296 Å². The zero-order valence-electron chi connectivity index (χ0n) is 82.0. The molecule has 28 nitrogen and oxygen atoms in total. The van der Waals surface area contributed by atoms with Crippen LogP contribution in [0, 0.1) is 0 Å². The predicted octanol–water partition coefficient (Wildman–Crippen LogP) is 16.9. The number of alkyl halides is 2. The van der Waals surface area contributed by atoms with Crippen LogP contribution in [0.4, 0.5) is 17.1 Å². The molecular formula is C114H127Br3N10O18. The molecule has 762 valence electrons. The Morgan fingerprint density at radius 1 is 0.414 bits per heavy atom. The van der Waals surface area contributed by atoms with Crippen molar-refractivity contribution in [2.24, 2.45) is 0 Å². The number of halogens is 3. The van der Waals surface area contributed by atoms with Crippen LogP contribution < -0.4 is 26.6 Å². The molecule has 0 saturated carbocycles. The summed E-state index contributed by atoms with van der Waals surface area (Å²) in [4.78, 5) is 102. The van der Waals surface area contributed by atoms with Crippen LogP contribution in [0.5, 0.6) is 0 Å². The van der Waals surface area contributed by atoms with Crippen LogP contribution in [0.25, 0.3) is 32.3 Å². The smallest absolute Gasteiger partial charge is 0.338 e. The van der Waals surface area contributed by atoms with E-state index in [-0.39, 0.29) is 52.9 Å². The van der Waals surface area contributed by atoms with Gasteiger partial charge in [0.2, 0.25) is 11.8 Å². The molecule has 0 radical (unpaired) electrons. The van der Waals surface area contributed by atoms with Gasteiger partial charge in [0.05, 0.1) is 115 Å². The normalized spacial score (nSPS) is 17.1. The van der Waals surface area contributed by atoms with Crippen molar-refractivity contribution in [3.8, 4) is 0 Å². The summed E-state index contributed by atoms with van der Waals surface area (Å²) in [7, 11) is 0. The second-order valence-corrected chi connectivity index (χ2v) is 38.3. The fourth-order valence-electron chi connectivity index (χ4n) is 17.7. The number of morpholine rings is 6. The number of rotatable bonds is 21. The summed E-state index contributed by atoms with van der Waals surface area (Å²) in [5, 5.41) is 40.9. The zero-order chi connectivity index (χ0) is 102. The number of carbonyl (C=O) groups excluding carboxylic acids is 8. The first-order valence-electron chi connectivity index (χ1n) is 49.5. The Morgan fingerprint density at radius 2 is 0.766 bits per heavy atom. The Hall–Kier alpha value is -11.5. The number of nitrogens with zero attached hydrogens (tertiary/aromatic N) is 5. The lowest BCUT2D eigenvalue weighted by Crippen LogP contribution is -2.41. The highest BCUT2D eigenvalue weighted by molar-refractivity contribution is 9.10. The number of aliphatic hydroxyl groups excluding tert-OH is 2. The first kappa shape index (κ1) is 109. The van der Waals surface area contributed by atoms with E-state index in [1.807, 2.05) is 171 Å². The molecule has 0 aliphatic carbocycles. The van der Waals surface area contributed by atoms with Crippen LogP contribution in [0.3, 0.4) is 0 Å². The fraction of sp³-hybridized carbons (Fsp3) is 0.351. The minimum absolute atomic E-state index is 0.000200. The summed E-state index contributed by atoms with van der Waals surface area (Å²) in [5.74, 6) is -0.996. The minimum atomic E-state index is -0.738. The van der Waals surface area contributed by atoms with Crippen molar-refractivity contribution in [2.45, 2.75) is 88.7 Å². The molecule has 0 spiro atoms. The van der Waals surface area contributed by atoms with E-state index in [1.54, 1.807) is 19.1 Å². The molecular weight excluding hydrogens is 2040 g/mol. The second-order valence-electron chi connectivity index (χ2n) is 35.8. The lowest BCUT2D eigenvalue weighted by Gasteiger charge is -2.26. The number of hydrogen-bond donors (Lipinski definition) is 7. The van der Waals surface area contributed by atoms with Gasteiger partial charge in [-0.25, -0.2) is 9.59 Å². The highest BCUT2D eigenvalue weighted by Gasteiger charge is 2.29. The molecule has 22 rings (SSSR count). The molecule has 2 unspecified atom stereocenters. The van der Waals surface area contributed by atoms with Gasteiger partial charge in [0.15, 0.2) is 0 Å². The number of piperidine rings is 1. The summed E-state index contributed by atoms with van der Waals surface area (Å²) < 4.78 is 42.5. The number of carbonyl (C=O) groups is 8. The zero-order valence-corrected chi connectivity index (χ0v) is 86.8. The van der Waals surface area contributed by atoms with Gasteiger partial charge in [0.25, 0.3) is 17.7 Å². The number of ether oxygens (including phenoxy) is 8. The first-order chi connectivity index (χ1) is 70.8. The number of nitrogens with one attached hydrogen (secondary N) is 5. The topological polar surface area (TPSA) is 327 Å². The van der Waals surface area contributed by atoms with Gasteiger partial charge in [-0.2, -0.15) is 0 Å². The Morgan fingerprint density at radius 3 is 1.14 bits per heavy atom. The Bertz CT molecular complexity index is 6270. The molecule has 0 bridgehead atoms. The third-order valence-corrected chi connectivity index (χ3v) is 27.9. The van der Waals surface area contributed by atoms with Crippen molar-refractivity contribution >= 4 is 145 Å². The number of esters is 2. The largest absolute Gasteiger partial charge is 0.462 e. The molecule has 2 atom stereocenters. The molecule has 12 aromatic carbocycles. The first-order valence-corrected chi connectivity index (χ1v) is 52.3. The number of amides is 5. The van der Waals surface area contributed by atoms with Gasteiger partial charge < -0.3 is 69.4 Å². The molecule has 7 saturated heterocycles. The van der Waals surface area contributed by atoms with Gasteiger partial charge in [-0.3, -0.25) is 58.6 Å². The van der Waals surface area contributed by atoms with E-state index in [2.05, 4.69) is 160 Å². The summed E-state index contributed by atoms with van der Waals surface area (Å²) in [5.41, 5.74) is 19.5. The Balaban J connectivity index is 0.000000133. The van der Waals surface area contributed by atoms with E-state index >= 15 is 0 Å². The predicted molar refractivity (Wildman–Crippen MR) is 574 cm³/mol. The Labute approximate surface area is 871 Å². The molecule has 5 amide bonds. The van der Waals surface area contributed by atoms with Gasteiger partial charge in [0, 0.05) is 183 Å². The highest BCUT2D eigenvalue weighted by Crippen LogP contribution is 2.41. The second kappa shape index (κ2) is 57.0. The summed E-state index contributed by atoms with van der Waals surface area (Å²) in [6, 6.07) is 77.1. The maximum absolute atomic E-state index is 12.1. The van der Waals surface area contributed by atoms with Crippen LogP contribution in [-0.4, -0.2) is 258 Å². The monoisotopic (exact) mass is 2160 g/mol. The average molecular weight is 2170 g/mol. The third kappa shape index (κ3) is 32.2. The standard InChI is InChI=1S/C23H22N2O3.C23H22N2O2.C14H19NO3.C12H17NO2.C12H15NO2.C11H6BrNO.C10H11BrO2.C5H6BrNO2.C4H9NO/c26-22(16-6-4-15(5-7-16)14-25-10-12-28-13-11-25)18-8-9-20-21-17(18)2-1-3-19(21)23(27)24-20;26-23-20-3-1-2-19-18(8-9-21(24-23)22(19)20)14-16-4-6-17(7-5-16)15-25-10-12-27-13-11-25;1-2-18-14(16)13-5-3-12(4-6-13)11-15-7-9-17-10-8-15;2*14-10-12-3-1-11(2-4-12)9-13-5-7-15-8-6-13;12-8-4-5-9-10-6(8)2-1-3-7(10)11(14)13-9;1-2-13-10(12)9-5-3-8(7-11)4-6-9;6-3-1-2-4(8)7-5(3)9;1-3-6-4-2-5-1/h1-9,22,26H,10-14H2,(H,24,27);1-9H,10-15H2,(H,24,26);3-6H,2,7-11H2,1H3;1-4,14H,5-10H2;1-4,10H,5-9H2;1-5H,(H,13,14);3-6H,2,7H2,1H3;3H,1-2H2,(H,7,8,9);5H,1-4H2. The van der Waals surface area contributed by atoms with Crippen LogP contribution >= 0.6 is 47.8 Å². The van der Waals surface area contributed by atoms with Crippen molar-refractivity contribution in [1.82, 2.24) is 35.1 Å². The van der Waals surface area contributed by atoms with Crippen LogP contribution in [0.15, 0.2) is 241 Å². The molecule has 7 fully saturated rings. The molecule has 31 heteroatoms. The minimum Gasteiger partial charge on any atom is -0.462 e. The quantitative estimate of drug-likeness (QED) is 0.0152. The van der Waals surface area contributed by atoms with Crippen LogP contribution in [-0.2, 0) is 98.6 Å². The Kier molecular flexibility index (Phi) is 42.9. The average Bonchev–Trinajstić information content (AvgIpc) is 1.46. The lowest BCUT2D eigenvalue weighted by molar-refractivity contribution is -0.132. The molecule has 10 aliphatic heterocycles. The van der Waals surface area contributed by atoms with E-state index in [0.29, 0.717) is 42.7 Å². The number of anilines is 3. The third-order valence-electron chi connectivity index (χ3n) is 25.7. The summed E-state index contributed by atoms with van der Waals surface area (Å²) >= 11 is 9.92. The van der Waals surface area contributed by atoms with Gasteiger partial charge in [-0.05, 0) is 171 Å². The summed E-state index contributed by atoms with van der Waals surface area (Å²) in [6.07, 6.45) is 2.06. The van der Waals surface area contributed by atoms with Crippen molar-refractivity contribution in [3.05, 3.63) is 336 Å². The number of benzene rings is 12. The van der Waals surface area contributed by atoms with Gasteiger partial charge in [-0.15, -0.1) is 0 Å². The van der Waals surface area contributed by atoms with Crippen LogP contribution in [0.1, 0.15) is 156 Å². The lowest BCUT2D eigenvalue weighted by atomic mass is 9.93. The van der Waals surface area contributed by atoms with E-state index < -0.39 is 6.10 Å². The maximum atomic E-state index is 12.1. The van der Waals surface area contributed by atoms with Crippen molar-refractivity contribution in [1.29, 1.82) is 0 Å². The number of hydrogen-bond acceptors (Lipinski definition) is 24.